The molecule has 0 radical (unpaired) electrons. The molecule has 1 amide bonds. The lowest BCUT2D eigenvalue weighted by Crippen LogP contribution is -2.45. The van der Waals surface area contributed by atoms with Gasteiger partial charge < -0.3 is 15.0 Å². The molecular formula is C13H22N2O3. The van der Waals surface area contributed by atoms with Gasteiger partial charge in [-0.15, -0.1) is 0 Å². The second kappa shape index (κ2) is 6.18. The number of nitrogens with zero attached hydrogens (tertiary/aromatic N) is 1. The minimum atomic E-state index is -0.135. The van der Waals surface area contributed by atoms with Crippen molar-refractivity contribution in [1.82, 2.24) is 10.2 Å². The monoisotopic (exact) mass is 254 g/mol. The normalized spacial score (nSPS) is 22.8. The van der Waals surface area contributed by atoms with Crippen molar-refractivity contribution in [3.63, 3.8) is 0 Å². The highest BCUT2D eigenvalue weighted by Gasteiger charge is 2.31. The Bertz CT molecular complexity index is 305. The van der Waals surface area contributed by atoms with Crippen LogP contribution in [0.2, 0.25) is 0 Å². The highest BCUT2D eigenvalue weighted by molar-refractivity contribution is 5.79. The van der Waals surface area contributed by atoms with Crippen molar-refractivity contribution < 1.29 is 14.3 Å². The van der Waals surface area contributed by atoms with Gasteiger partial charge in [0.1, 0.15) is 0 Å². The molecule has 0 unspecified atom stereocenters. The van der Waals surface area contributed by atoms with Crippen LogP contribution >= 0.6 is 0 Å². The van der Waals surface area contributed by atoms with Crippen molar-refractivity contribution in [2.75, 3.05) is 33.3 Å². The van der Waals surface area contributed by atoms with Gasteiger partial charge in [-0.3, -0.25) is 9.59 Å². The molecule has 2 rings (SSSR count). The van der Waals surface area contributed by atoms with Gasteiger partial charge in [-0.05, 0) is 38.8 Å². The van der Waals surface area contributed by atoms with Gasteiger partial charge in [0.05, 0.1) is 13.0 Å². The molecule has 2 fully saturated rings. The van der Waals surface area contributed by atoms with Crippen molar-refractivity contribution in [3.05, 3.63) is 0 Å². The van der Waals surface area contributed by atoms with Gasteiger partial charge in [-0.25, -0.2) is 0 Å². The fourth-order valence-electron chi connectivity index (χ4n) is 2.83. The molecule has 0 aromatic carbocycles. The smallest absolute Gasteiger partial charge is 0.308 e. The van der Waals surface area contributed by atoms with E-state index in [2.05, 4.69) is 5.32 Å². The number of piperidine rings is 2. The van der Waals surface area contributed by atoms with Crippen LogP contribution in [-0.4, -0.2) is 50.1 Å². The Hall–Kier alpha value is -1.10. The first kappa shape index (κ1) is 13.3. The van der Waals surface area contributed by atoms with E-state index < -0.39 is 0 Å². The van der Waals surface area contributed by atoms with Gasteiger partial charge >= 0.3 is 5.97 Å². The van der Waals surface area contributed by atoms with Crippen LogP contribution in [0.5, 0.6) is 0 Å². The van der Waals surface area contributed by atoms with Crippen molar-refractivity contribution in [2.24, 2.45) is 11.8 Å². The molecule has 0 atom stereocenters. The summed E-state index contributed by atoms with van der Waals surface area (Å²) in [5.74, 6) is 0.303. The van der Waals surface area contributed by atoms with Crippen LogP contribution in [0.3, 0.4) is 0 Å². The highest BCUT2D eigenvalue weighted by Crippen LogP contribution is 2.22. The third kappa shape index (κ3) is 3.02. The number of hydrogen-bond donors (Lipinski definition) is 1. The summed E-state index contributed by atoms with van der Waals surface area (Å²) in [6.07, 6.45) is 3.36. The lowest BCUT2D eigenvalue weighted by molar-refractivity contribution is -0.149. The third-order valence-corrected chi connectivity index (χ3v) is 4.03. The maximum absolute atomic E-state index is 12.3. The van der Waals surface area contributed by atoms with E-state index in [9.17, 15) is 9.59 Å². The average Bonchev–Trinajstić information content (AvgIpc) is 2.47. The van der Waals surface area contributed by atoms with Gasteiger partial charge in [0.15, 0.2) is 0 Å². The number of rotatable bonds is 2. The quantitative estimate of drug-likeness (QED) is 0.725. The van der Waals surface area contributed by atoms with Gasteiger partial charge in [0, 0.05) is 19.0 Å². The summed E-state index contributed by atoms with van der Waals surface area (Å²) < 4.78 is 4.75. The molecule has 2 aliphatic heterocycles. The molecule has 2 heterocycles. The molecule has 0 aromatic rings. The first-order valence-corrected chi connectivity index (χ1v) is 6.79. The number of carbonyl (C=O) groups excluding carboxylic acids is 2. The number of carbonyl (C=O) groups is 2. The maximum Gasteiger partial charge on any atom is 0.308 e. The van der Waals surface area contributed by atoms with Crippen LogP contribution in [0.4, 0.5) is 0 Å². The summed E-state index contributed by atoms with van der Waals surface area (Å²) in [6.45, 7) is 3.27. The van der Waals surface area contributed by atoms with E-state index in [1.807, 2.05) is 4.90 Å². The Labute approximate surface area is 108 Å². The zero-order valence-electron chi connectivity index (χ0n) is 11.0. The van der Waals surface area contributed by atoms with Gasteiger partial charge in [0.2, 0.25) is 5.91 Å². The minimum absolute atomic E-state index is 0.0212. The molecule has 2 saturated heterocycles. The number of likely N-dealkylation sites (tertiary alicyclic amines) is 1. The van der Waals surface area contributed by atoms with Crippen LogP contribution in [-0.2, 0) is 14.3 Å². The van der Waals surface area contributed by atoms with E-state index in [0.29, 0.717) is 13.1 Å². The van der Waals surface area contributed by atoms with Gasteiger partial charge in [-0.1, -0.05) is 0 Å². The predicted octanol–water partition coefficient (Wildman–Crippen LogP) is 0.398. The lowest BCUT2D eigenvalue weighted by Gasteiger charge is -2.34. The fraction of sp³-hybridized carbons (Fsp3) is 0.846. The Kier molecular flexibility index (Phi) is 4.58. The van der Waals surface area contributed by atoms with Crippen LogP contribution in [0, 0.1) is 11.8 Å². The molecule has 0 aromatic heterocycles. The van der Waals surface area contributed by atoms with Crippen molar-refractivity contribution in [3.8, 4) is 0 Å². The predicted molar refractivity (Wildman–Crippen MR) is 66.9 cm³/mol. The number of ether oxygens (including phenoxy) is 1. The Balaban J connectivity index is 1.81. The molecule has 102 valence electrons. The molecule has 2 aliphatic rings. The van der Waals surface area contributed by atoms with E-state index in [1.165, 1.54) is 7.11 Å². The molecular weight excluding hydrogens is 232 g/mol. The van der Waals surface area contributed by atoms with Crippen molar-refractivity contribution in [2.45, 2.75) is 25.7 Å². The molecule has 18 heavy (non-hydrogen) atoms. The standard InChI is InChI=1S/C13H22N2O3/c1-18-13(17)11-4-8-15(9-5-11)12(16)10-2-6-14-7-3-10/h10-11,14H,2-9H2,1H3. The SMILES string of the molecule is COC(=O)C1CCN(C(=O)C2CCNCC2)CC1. The van der Waals surface area contributed by atoms with Crippen molar-refractivity contribution >= 4 is 11.9 Å². The van der Waals surface area contributed by atoms with E-state index in [-0.39, 0.29) is 23.7 Å². The minimum Gasteiger partial charge on any atom is -0.469 e. The summed E-state index contributed by atoms with van der Waals surface area (Å²) in [5, 5.41) is 3.27. The van der Waals surface area contributed by atoms with Crippen LogP contribution in [0.1, 0.15) is 25.7 Å². The first-order valence-electron chi connectivity index (χ1n) is 6.79. The largest absolute Gasteiger partial charge is 0.469 e. The molecule has 0 bridgehead atoms. The fourth-order valence-corrected chi connectivity index (χ4v) is 2.83. The van der Waals surface area contributed by atoms with E-state index >= 15 is 0 Å². The van der Waals surface area contributed by atoms with E-state index in [4.69, 9.17) is 4.74 Å². The summed E-state index contributed by atoms with van der Waals surface area (Å²) in [5.41, 5.74) is 0. The summed E-state index contributed by atoms with van der Waals surface area (Å²) in [4.78, 5) is 25.6. The molecule has 5 nitrogen and oxygen atoms in total. The Morgan fingerprint density at radius 3 is 2.22 bits per heavy atom. The highest BCUT2D eigenvalue weighted by atomic mass is 16.5. The lowest BCUT2D eigenvalue weighted by atomic mass is 9.93. The van der Waals surface area contributed by atoms with Crippen LogP contribution < -0.4 is 5.32 Å². The maximum atomic E-state index is 12.3. The summed E-state index contributed by atoms with van der Waals surface area (Å²) >= 11 is 0. The van der Waals surface area contributed by atoms with E-state index in [1.54, 1.807) is 0 Å². The molecule has 0 aliphatic carbocycles. The zero-order chi connectivity index (χ0) is 13.0. The Morgan fingerprint density at radius 2 is 1.67 bits per heavy atom. The second-order valence-electron chi connectivity index (χ2n) is 5.15. The van der Waals surface area contributed by atoms with Crippen LogP contribution in [0.25, 0.3) is 0 Å². The number of amides is 1. The second-order valence-corrected chi connectivity index (χ2v) is 5.15. The summed E-state index contributed by atoms with van der Waals surface area (Å²) in [6, 6.07) is 0. The van der Waals surface area contributed by atoms with E-state index in [0.717, 1.165) is 38.8 Å². The molecule has 1 N–H and O–H groups in total. The Morgan fingerprint density at radius 1 is 1.06 bits per heavy atom. The number of nitrogens with one attached hydrogen (secondary N) is 1. The number of esters is 1. The van der Waals surface area contributed by atoms with Crippen molar-refractivity contribution in [1.29, 1.82) is 0 Å². The third-order valence-electron chi connectivity index (χ3n) is 4.03. The van der Waals surface area contributed by atoms with Crippen LogP contribution in [0.15, 0.2) is 0 Å². The molecule has 5 heteroatoms. The zero-order valence-corrected chi connectivity index (χ0v) is 11.0. The molecule has 0 spiro atoms. The van der Waals surface area contributed by atoms with Gasteiger partial charge in [0.25, 0.3) is 0 Å². The number of hydrogen-bond acceptors (Lipinski definition) is 4. The molecule has 0 saturated carbocycles. The average molecular weight is 254 g/mol. The summed E-state index contributed by atoms with van der Waals surface area (Å²) in [7, 11) is 1.43. The topological polar surface area (TPSA) is 58.6 Å². The number of methoxy groups -OCH3 is 1. The first-order chi connectivity index (χ1) is 8.72. The van der Waals surface area contributed by atoms with Gasteiger partial charge in [-0.2, -0.15) is 0 Å².